The second kappa shape index (κ2) is 5.93. The average Bonchev–Trinajstić information content (AvgIpc) is 2.37. The Morgan fingerprint density at radius 3 is 2.53 bits per heavy atom. The monoisotopic (exact) mass is 280 g/mol. The second-order valence-corrected chi connectivity index (χ2v) is 6.08. The lowest BCUT2D eigenvalue weighted by molar-refractivity contribution is -0.136. The van der Waals surface area contributed by atoms with Gasteiger partial charge in [0.25, 0.3) is 0 Å². The first-order valence-corrected chi connectivity index (χ1v) is 7.15. The van der Waals surface area contributed by atoms with Gasteiger partial charge in [0.1, 0.15) is 0 Å². The third-order valence-corrected chi connectivity index (χ3v) is 3.88. The lowest BCUT2D eigenvalue weighted by Crippen LogP contribution is -2.49. The van der Waals surface area contributed by atoms with Gasteiger partial charge in [-0.1, -0.05) is 37.6 Å². The molecule has 4 heteroatoms. The van der Waals surface area contributed by atoms with Crippen LogP contribution in [0.2, 0.25) is 5.02 Å². The van der Waals surface area contributed by atoms with Gasteiger partial charge in [0.15, 0.2) is 0 Å². The topological polar surface area (TPSA) is 46.3 Å². The molecule has 2 N–H and O–H groups in total. The van der Waals surface area contributed by atoms with Crippen LogP contribution in [0.25, 0.3) is 0 Å². The minimum absolute atomic E-state index is 0.0242. The molecule has 1 saturated heterocycles. The first kappa shape index (κ1) is 14.4. The predicted molar refractivity (Wildman–Crippen MR) is 78.2 cm³/mol. The number of carbonyl (C=O) groups excluding carboxylic acids is 1. The van der Waals surface area contributed by atoms with Gasteiger partial charge < -0.3 is 10.6 Å². The fraction of sp³-hybridized carbons (Fsp3) is 0.533. The summed E-state index contributed by atoms with van der Waals surface area (Å²) in [4.78, 5) is 14.0. The Balaban J connectivity index is 2.13. The number of nitrogens with two attached hydrogens (primary N) is 1. The molecule has 0 saturated carbocycles. The molecule has 19 heavy (non-hydrogen) atoms. The number of amides is 1. The summed E-state index contributed by atoms with van der Waals surface area (Å²) in [5.74, 6) is 0.522. The van der Waals surface area contributed by atoms with Gasteiger partial charge in [-0.2, -0.15) is 0 Å². The summed E-state index contributed by atoms with van der Waals surface area (Å²) in [6.45, 7) is 5.28. The number of carbonyl (C=O) groups is 1. The highest BCUT2D eigenvalue weighted by Gasteiger charge is 2.29. The third-order valence-electron chi connectivity index (χ3n) is 3.63. The Bertz CT molecular complexity index is 444. The van der Waals surface area contributed by atoms with Crippen molar-refractivity contribution in [1.29, 1.82) is 0 Å². The quantitative estimate of drug-likeness (QED) is 0.905. The molecule has 1 aliphatic rings. The number of nitrogens with zero attached hydrogens (tertiary/aromatic N) is 1. The van der Waals surface area contributed by atoms with Crippen LogP contribution in [-0.2, 0) is 4.79 Å². The SMILES string of the molecule is CC(C)C(=O)N1CC(N)CC(c2ccc(Cl)cc2)C1. The van der Waals surface area contributed by atoms with E-state index in [9.17, 15) is 4.79 Å². The van der Waals surface area contributed by atoms with Crippen LogP contribution < -0.4 is 5.73 Å². The molecule has 3 nitrogen and oxygen atoms in total. The summed E-state index contributed by atoms with van der Waals surface area (Å²) >= 11 is 5.91. The molecule has 1 amide bonds. The van der Waals surface area contributed by atoms with Crippen molar-refractivity contribution < 1.29 is 4.79 Å². The van der Waals surface area contributed by atoms with E-state index < -0.39 is 0 Å². The van der Waals surface area contributed by atoms with Gasteiger partial charge in [0, 0.05) is 36.0 Å². The van der Waals surface area contributed by atoms with Crippen molar-refractivity contribution in [3.63, 3.8) is 0 Å². The highest BCUT2D eigenvalue weighted by Crippen LogP contribution is 2.28. The van der Waals surface area contributed by atoms with E-state index >= 15 is 0 Å². The van der Waals surface area contributed by atoms with E-state index in [1.54, 1.807) is 0 Å². The van der Waals surface area contributed by atoms with Crippen molar-refractivity contribution in [3.05, 3.63) is 34.9 Å². The van der Waals surface area contributed by atoms with Crippen LogP contribution >= 0.6 is 11.6 Å². The molecule has 0 spiro atoms. The molecule has 2 rings (SSSR count). The summed E-state index contributed by atoms with van der Waals surface area (Å²) in [5.41, 5.74) is 7.31. The number of halogens is 1. The van der Waals surface area contributed by atoms with Gasteiger partial charge in [0.2, 0.25) is 5.91 Å². The Hall–Kier alpha value is -1.06. The van der Waals surface area contributed by atoms with Crippen LogP contribution in [0.3, 0.4) is 0 Å². The number of hydrogen-bond acceptors (Lipinski definition) is 2. The number of likely N-dealkylation sites (tertiary alicyclic amines) is 1. The minimum Gasteiger partial charge on any atom is -0.340 e. The van der Waals surface area contributed by atoms with Gasteiger partial charge in [-0.25, -0.2) is 0 Å². The molecule has 1 heterocycles. The third kappa shape index (κ3) is 3.48. The molecule has 1 fully saturated rings. The summed E-state index contributed by atoms with van der Waals surface area (Å²) in [6.07, 6.45) is 0.920. The van der Waals surface area contributed by atoms with Crippen molar-refractivity contribution in [2.75, 3.05) is 13.1 Å². The summed E-state index contributed by atoms with van der Waals surface area (Å²) in [5, 5.41) is 0.735. The van der Waals surface area contributed by atoms with Crippen LogP contribution in [0, 0.1) is 5.92 Å². The maximum Gasteiger partial charge on any atom is 0.225 e. The maximum atomic E-state index is 12.1. The van der Waals surface area contributed by atoms with Crippen LogP contribution in [0.5, 0.6) is 0 Å². The van der Waals surface area contributed by atoms with Crippen LogP contribution in [0.4, 0.5) is 0 Å². The summed E-state index contributed by atoms with van der Waals surface area (Å²) in [7, 11) is 0. The Kier molecular flexibility index (Phi) is 4.48. The molecule has 1 aromatic carbocycles. The normalized spacial score (nSPS) is 23.7. The van der Waals surface area contributed by atoms with E-state index in [1.165, 1.54) is 5.56 Å². The summed E-state index contributed by atoms with van der Waals surface area (Å²) in [6, 6.07) is 7.90. The Morgan fingerprint density at radius 2 is 1.95 bits per heavy atom. The number of benzene rings is 1. The molecule has 2 unspecified atom stereocenters. The fourth-order valence-electron chi connectivity index (χ4n) is 2.66. The van der Waals surface area contributed by atoms with Gasteiger partial charge in [-0.05, 0) is 24.1 Å². The van der Waals surface area contributed by atoms with E-state index in [1.807, 2.05) is 43.0 Å². The zero-order chi connectivity index (χ0) is 14.0. The average molecular weight is 281 g/mol. The Labute approximate surface area is 119 Å². The molecule has 0 aliphatic carbocycles. The smallest absolute Gasteiger partial charge is 0.225 e. The van der Waals surface area contributed by atoms with E-state index in [-0.39, 0.29) is 17.9 Å². The van der Waals surface area contributed by atoms with Crippen molar-refractivity contribution in [3.8, 4) is 0 Å². The van der Waals surface area contributed by atoms with Crippen LogP contribution in [-0.4, -0.2) is 29.9 Å². The lowest BCUT2D eigenvalue weighted by Gasteiger charge is -2.37. The molecule has 1 aromatic rings. The van der Waals surface area contributed by atoms with Crippen molar-refractivity contribution in [2.45, 2.75) is 32.2 Å². The van der Waals surface area contributed by atoms with E-state index in [0.717, 1.165) is 18.0 Å². The largest absolute Gasteiger partial charge is 0.340 e. The number of rotatable bonds is 2. The van der Waals surface area contributed by atoms with Crippen LogP contribution in [0.1, 0.15) is 31.7 Å². The molecule has 0 radical (unpaired) electrons. The molecule has 2 atom stereocenters. The Morgan fingerprint density at radius 1 is 1.32 bits per heavy atom. The highest BCUT2D eigenvalue weighted by atomic mass is 35.5. The first-order valence-electron chi connectivity index (χ1n) is 6.77. The fourth-order valence-corrected chi connectivity index (χ4v) is 2.79. The van der Waals surface area contributed by atoms with Gasteiger partial charge in [-0.3, -0.25) is 4.79 Å². The maximum absolute atomic E-state index is 12.1. The van der Waals surface area contributed by atoms with E-state index in [2.05, 4.69) is 0 Å². The van der Waals surface area contributed by atoms with Gasteiger partial charge in [0.05, 0.1) is 0 Å². The van der Waals surface area contributed by atoms with Gasteiger partial charge in [-0.15, -0.1) is 0 Å². The molecular weight excluding hydrogens is 260 g/mol. The zero-order valence-electron chi connectivity index (χ0n) is 11.5. The molecular formula is C15H21ClN2O. The molecule has 0 bridgehead atoms. The first-order chi connectivity index (χ1) is 8.97. The standard InChI is InChI=1S/C15H21ClN2O/c1-10(2)15(19)18-8-12(7-14(17)9-18)11-3-5-13(16)6-4-11/h3-6,10,12,14H,7-9,17H2,1-2H3. The van der Waals surface area contributed by atoms with Crippen LogP contribution in [0.15, 0.2) is 24.3 Å². The van der Waals surface area contributed by atoms with Gasteiger partial charge >= 0.3 is 0 Å². The second-order valence-electron chi connectivity index (χ2n) is 5.64. The van der Waals surface area contributed by atoms with Crippen molar-refractivity contribution in [1.82, 2.24) is 4.90 Å². The molecule has 1 aliphatic heterocycles. The predicted octanol–water partition coefficient (Wildman–Crippen LogP) is 2.64. The number of hydrogen-bond donors (Lipinski definition) is 1. The van der Waals surface area contributed by atoms with E-state index in [0.29, 0.717) is 12.5 Å². The lowest BCUT2D eigenvalue weighted by atomic mass is 9.88. The van der Waals surface area contributed by atoms with E-state index in [4.69, 9.17) is 17.3 Å². The van der Waals surface area contributed by atoms with Crippen molar-refractivity contribution >= 4 is 17.5 Å². The minimum atomic E-state index is 0.0242. The molecule has 104 valence electrons. The zero-order valence-corrected chi connectivity index (χ0v) is 12.2. The molecule has 0 aromatic heterocycles. The van der Waals surface area contributed by atoms with Crippen molar-refractivity contribution in [2.24, 2.45) is 11.7 Å². The summed E-state index contributed by atoms with van der Waals surface area (Å²) < 4.78 is 0. The highest BCUT2D eigenvalue weighted by molar-refractivity contribution is 6.30. The number of piperidine rings is 1.